The van der Waals surface area contributed by atoms with Crippen LogP contribution in [0, 0.1) is 0 Å². The number of thiol groups is 1. The van der Waals surface area contributed by atoms with Crippen LogP contribution in [0.15, 0.2) is 0 Å². The van der Waals surface area contributed by atoms with E-state index < -0.39 is 218 Å². The summed E-state index contributed by atoms with van der Waals surface area (Å²) in [6.07, 6.45) is -55.1. The third-order valence-corrected chi connectivity index (χ3v) is 12.8. The smallest absolute Gasteiger partial charge is 0.187 e. The zero-order valence-electron chi connectivity index (χ0n) is 37.1. The van der Waals surface area contributed by atoms with Gasteiger partial charge in [-0.1, -0.05) is 0 Å². The van der Waals surface area contributed by atoms with Gasteiger partial charge in [0.15, 0.2) is 31.5 Å². The van der Waals surface area contributed by atoms with Gasteiger partial charge in [-0.15, -0.1) is 0 Å². The number of rotatable bonds is 23. The predicted molar refractivity (Wildman–Crippen MR) is 221 cm³/mol. The Bertz CT molecular complexity index is 1520. The molecular weight excluding hydrogens is 982 g/mol. The first kappa shape index (κ1) is 60.0. The normalized spacial score (nSPS) is 46.8. The van der Waals surface area contributed by atoms with E-state index in [2.05, 4.69) is 17.9 Å². The number of hydrogen-bond acceptors (Lipinski definition) is 32. The number of nitrogens with one attached hydrogen (secondary N) is 1. The maximum atomic E-state index is 11.2. The summed E-state index contributed by atoms with van der Waals surface area (Å²) in [5.41, 5.74) is 0. The van der Waals surface area contributed by atoms with Gasteiger partial charge in [-0.3, -0.25) is 0 Å². The maximum absolute atomic E-state index is 11.2. The van der Waals surface area contributed by atoms with Gasteiger partial charge in [0.25, 0.3) is 0 Å². The van der Waals surface area contributed by atoms with Crippen LogP contribution < -0.4 is 5.32 Å². The molecule has 5 fully saturated rings. The summed E-state index contributed by atoms with van der Waals surface area (Å²) in [5, 5.41) is 214. The van der Waals surface area contributed by atoms with Crippen LogP contribution in [-0.2, 0) is 47.4 Å². The lowest BCUT2D eigenvalue weighted by Crippen LogP contribution is -2.68. The van der Waals surface area contributed by atoms with Crippen molar-refractivity contribution in [2.75, 3.05) is 58.5 Å². The lowest BCUT2D eigenvalue weighted by molar-refractivity contribution is -0.394. The molecule has 31 nitrogen and oxygen atoms in total. The van der Waals surface area contributed by atoms with Crippen molar-refractivity contribution in [2.24, 2.45) is 0 Å². The molecule has 0 aromatic heterocycles. The van der Waals surface area contributed by atoms with Crippen molar-refractivity contribution in [2.45, 2.75) is 178 Å². The third kappa shape index (κ3) is 13.4. The quantitative estimate of drug-likeness (QED) is 0.0334. The Kier molecular flexibility index (Phi) is 23.3. The summed E-state index contributed by atoms with van der Waals surface area (Å²) in [4.78, 5) is 0. The van der Waals surface area contributed by atoms with Gasteiger partial charge in [-0.25, -0.2) is 0 Å². The van der Waals surface area contributed by atoms with Gasteiger partial charge in [0.1, 0.15) is 140 Å². The zero-order chi connectivity index (χ0) is 51.9. The highest BCUT2D eigenvalue weighted by Crippen LogP contribution is 2.36. The number of aliphatic hydroxyl groups excluding tert-OH is 20. The first-order chi connectivity index (χ1) is 33.2. The Labute approximate surface area is 403 Å². The highest BCUT2D eigenvalue weighted by atomic mass is 32.1. The van der Waals surface area contributed by atoms with E-state index in [0.717, 1.165) is 0 Å². The van der Waals surface area contributed by atoms with Crippen LogP contribution in [0.3, 0.4) is 0 Å². The molecule has 5 heterocycles. The lowest BCUT2D eigenvalue weighted by atomic mass is 9.95. The highest BCUT2D eigenvalue weighted by molar-refractivity contribution is 7.80. The van der Waals surface area contributed by atoms with E-state index >= 15 is 0 Å². The van der Waals surface area contributed by atoms with E-state index in [-0.39, 0.29) is 6.54 Å². The molecule has 0 amide bonds. The van der Waals surface area contributed by atoms with E-state index in [1.165, 1.54) is 0 Å². The van der Waals surface area contributed by atoms with E-state index in [1.807, 2.05) is 0 Å². The summed E-state index contributed by atoms with van der Waals surface area (Å²) in [6, 6.07) is 0. The van der Waals surface area contributed by atoms with Crippen molar-refractivity contribution >= 4 is 12.6 Å². The van der Waals surface area contributed by atoms with Crippen LogP contribution in [0.5, 0.6) is 0 Å². The van der Waals surface area contributed by atoms with Crippen molar-refractivity contribution in [3.63, 3.8) is 0 Å². The Morgan fingerprint density at radius 3 is 1.04 bits per heavy atom. The van der Waals surface area contributed by atoms with Crippen molar-refractivity contribution in [1.29, 1.82) is 0 Å². The van der Waals surface area contributed by atoms with Gasteiger partial charge in [-0.05, 0) is 0 Å². The second-order valence-corrected chi connectivity index (χ2v) is 17.7. The molecule has 412 valence electrons. The first-order valence-corrected chi connectivity index (χ1v) is 22.9. The van der Waals surface area contributed by atoms with Crippen LogP contribution in [0.4, 0.5) is 0 Å². The molecule has 0 aromatic rings. The third-order valence-electron chi connectivity index (χ3n) is 12.5. The van der Waals surface area contributed by atoms with Gasteiger partial charge >= 0.3 is 0 Å². The molecule has 0 aliphatic carbocycles. The minimum atomic E-state index is -2.18. The molecule has 5 rings (SSSR count). The topological polar surface area (TPSA) is 509 Å². The predicted octanol–water partition coefficient (Wildman–Crippen LogP) is -13.9. The summed E-state index contributed by atoms with van der Waals surface area (Å²) >= 11 is 4.02. The van der Waals surface area contributed by atoms with Crippen LogP contribution in [0.25, 0.3) is 0 Å². The van der Waals surface area contributed by atoms with Gasteiger partial charge in [-0.2, -0.15) is 12.6 Å². The largest absolute Gasteiger partial charge is 0.394 e. The average Bonchev–Trinajstić information content (AvgIpc) is 3.35. The molecule has 21 N–H and O–H groups in total. The molecule has 0 spiro atoms. The Balaban J connectivity index is 1.21. The molecule has 0 unspecified atom stereocenters. The van der Waals surface area contributed by atoms with Gasteiger partial charge in [0.05, 0.1) is 45.7 Å². The minimum Gasteiger partial charge on any atom is -0.394 e. The molecule has 0 bridgehead atoms. The van der Waals surface area contributed by atoms with E-state index in [0.29, 0.717) is 12.3 Å². The van der Waals surface area contributed by atoms with Gasteiger partial charge < -0.3 is 155 Å². The SMILES string of the molecule is OC[C@@H](O)[C@@H](O[C@H]1O[C@H](CO)[C@@H](O[C@H]2O[C@H](CO)[C@@H](O[C@H]3O[C@H](CO)[C@@H](O[C@H]4O[C@H](CO)[C@@H](O[C@H]5O[C@H](CO)[C@@H](O)[C@H](O)[C@H]5O)[C@H](O)[C@H]4O)[C@H](O)[C@H]3O)[C@H](O)[C@H]2O)[C@H](O)[C@H]1O)[C@H](O)[C@@H](O)CNCCS. The monoisotopic (exact) mass is 1050 g/mol. The zero-order valence-corrected chi connectivity index (χ0v) is 38.0. The fourth-order valence-corrected chi connectivity index (χ4v) is 8.62. The maximum Gasteiger partial charge on any atom is 0.187 e. The van der Waals surface area contributed by atoms with Crippen molar-refractivity contribution in [3.05, 3.63) is 0 Å². The highest BCUT2D eigenvalue weighted by Gasteiger charge is 2.57. The second-order valence-electron chi connectivity index (χ2n) is 17.3. The van der Waals surface area contributed by atoms with E-state index in [4.69, 9.17) is 47.4 Å². The fraction of sp³-hybridized carbons (Fsp3) is 1.00. The Morgan fingerprint density at radius 1 is 0.400 bits per heavy atom. The van der Waals surface area contributed by atoms with E-state index in [1.54, 1.807) is 0 Å². The van der Waals surface area contributed by atoms with Crippen LogP contribution in [-0.4, -0.2) is 339 Å². The standard InChI is InChI=1S/C38H69NO30S/c40-4-11(47)29(17(48)10(46)3-39-1-2-70)65-35-25(56)20(51)31(13(6-42)61-35)67-37-27(58)22(53)33(15(8-44)63-37)69-38-28(59)23(54)32(16(9-45)64-38)68-36-26(57)21(52)30(14(7-43)62-36)66-34-24(55)19(50)18(49)12(5-41)60-34/h10-59,70H,1-9H2/t10-,11+,12+,13+,14+,15+,16+,17+,18+,19-,20+,21+,22+,23+,24+,25+,26+,27+,28+,29+,30+,31+,32+,33+,34+,35+,36+,37+,38+/m0/s1. The molecule has 5 aliphatic heterocycles. The lowest BCUT2D eigenvalue weighted by Gasteiger charge is -2.49. The molecule has 0 aromatic carbocycles. The van der Waals surface area contributed by atoms with Crippen LogP contribution >= 0.6 is 12.6 Å². The van der Waals surface area contributed by atoms with Crippen molar-refractivity contribution < 1.29 is 149 Å². The second kappa shape index (κ2) is 27.2. The summed E-state index contributed by atoms with van der Waals surface area (Å²) < 4.78 is 55.6. The average molecular weight is 1050 g/mol. The molecular formula is C38H69NO30S. The Morgan fingerprint density at radius 2 is 0.714 bits per heavy atom. The molecule has 32 heteroatoms. The van der Waals surface area contributed by atoms with Gasteiger partial charge in [0, 0.05) is 18.8 Å². The Hall–Kier alpha value is -0.890. The number of ether oxygens (including phenoxy) is 10. The molecule has 5 aliphatic rings. The van der Waals surface area contributed by atoms with Crippen molar-refractivity contribution in [1.82, 2.24) is 5.32 Å². The summed E-state index contributed by atoms with van der Waals surface area (Å²) in [7, 11) is 0. The van der Waals surface area contributed by atoms with Crippen molar-refractivity contribution in [3.8, 4) is 0 Å². The molecule has 0 radical (unpaired) electrons. The molecule has 29 atom stereocenters. The van der Waals surface area contributed by atoms with Crippen LogP contribution in [0.1, 0.15) is 0 Å². The minimum absolute atomic E-state index is 0.222. The molecule has 0 saturated carbocycles. The number of hydrogen-bond donors (Lipinski definition) is 22. The summed E-state index contributed by atoms with van der Waals surface area (Å²) in [5.74, 6) is 0.373. The summed E-state index contributed by atoms with van der Waals surface area (Å²) in [6.45, 7) is -5.74. The van der Waals surface area contributed by atoms with E-state index in [9.17, 15) is 102 Å². The number of aliphatic hydroxyl groups is 20. The molecule has 70 heavy (non-hydrogen) atoms. The fourth-order valence-electron chi connectivity index (χ4n) is 8.46. The first-order valence-electron chi connectivity index (χ1n) is 22.3. The van der Waals surface area contributed by atoms with Crippen LogP contribution in [0.2, 0.25) is 0 Å². The van der Waals surface area contributed by atoms with Gasteiger partial charge in [0.2, 0.25) is 0 Å². The molecule has 5 saturated heterocycles.